The normalized spacial score (nSPS) is 13.6. The molecule has 0 atom stereocenters. The molecule has 126 valence electrons. The highest BCUT2D eigenvalue weighted by Gasteiger charge is 2.23. The van der Waals surface area contributed by atoms with E-state index in [1.807, 2.05) is 18.2 Å². The molecule has 7 heteroatoms. The van der Waals surface area contributed by atoms with Crippen LogP contribution in [0.1, 0.15) is 28.4 Å². The van der Waals surface area contributed by atoms with Crippen LogP contribution in [0.4, 0.5) is 5.69 Å². The van der Waals surface area contributed by atoms with Crippen LogP contribution in [-0.2, 0) is 17.8 Å². The topological polar surface area (TPSA) is 75.2 Å². The van der Waals surface area contributed by atoms with Crippen molar-refractivity contribution in [2.75, 3.05) is 11.9 Å². The Hall–Kier alpha value is -2.80. The number of rotatable bonds is 2. The zero-order valence-corrected chi connectivity index (χ0v) is 14.5. The predicted octanol–water partition coefficient (Wildman–Crippen LogP) is 2.85. The van der Waals surface area contributed by atoms with E-state index in [1.54, 1.807) is 41.1 Å². The number of hydrogen-bond donors (Lipinski definition) is 1. The molecule has 4 rings (SSSR count). The highest BCUT2D eigenvalue weighted by molar-refractivity contribution is 7.16. The van der Waals surface area contributed by atoms with Crippen LogP contribution < -0.4 is 5.32 Å². The van der Waals surface area contributed by atoms with E-state index in [2.05, 4.69) is 15.3 Å². The van der Waals surface area contributed by atoms with Crippen LogP contribution >= 0.6 is 11.3 Å². The Kier molecular flexibility index (Phi) is 3.93. The number of hydrogen-bond acceptors (Lipinski definition) is 5. The van der Waals surface area contributed by atoms with Gasteiger partial charge in [0.1, 0.15) is 0 Å². The largest absolute Gasteiger partial charge is 0.338 e. The molecule has 1 aliphatic heterocycles. The first kappa shape index (κ1) is 15.7. The van der Waals surface area contributed by atoms with E-state index in [4.69, 9.17) is 0 Å². The van der Waals surface area contributed by atoms with E-state index in [1.165, 1.54) is 0 Å². The lowest BCUT2D eigenvalue weighted by atomic mass is 9.96. The quantitative estimate of drug-likeness (QED) is 0.769. The highest BCUT2D eigenvalue weighted by atomic mass is 32.1. The summed E-state index contributed by atoms with van der Waals surface area (Å²) in [6.45, 7) is 2.69. The van der Waals surface area contributed by atoms with Gasteiger partial charge in [0, 0.05) is 38.1 Å². The number of benzene rings is 1. The number of pyridine rings is 1. The van der Waals surface area contributed by atoms with Gasteiger partial charge in [-0.3, -0.25) is 14.6 Å². The fourth-order valence-electron chi connectivity index (χ4n) is 3.09. The van der Waals surface area contributed by atoms with Crippen molar-refractivity contribution in [2.24, 2.45) is 0 Å². The molecule has 3 heterocycles. The molecule has 0 fully saturated rings. The molecular weight excluding hydrogens is 336 g/mol. The Morgan fingerprint density at radius 3 is 3.00 bits per heavy atom. The third-order valence-corrected chi connectivity index (χ3v) is 5.23. The maximum absolute atomic E-state index is 12.7. The van der Waals surface area contributed by atoms with Crippen LogP contribution in [0.25, 0.3) is 10.2 Å². The van der Waals surface area contributed by atoms with Crippen molar-refractivity contribution in [2.45, 2.75) is 19.9 Å². The molecule has 0 unspecified atom stereocenters. The van der Waals surface area contributed by atoms with Gasteiger partial charge in [-0.05, 0) is 35.7 Å². The second kappa shape index (κ2) is 6.25. The smallest absolute Gasteiger partial charge is 0.257 e. The lowest BCUT2D eigenvalue weighted by Gasteiger charge is -2.28. The number of carbonyl (C=O) groups is 2. The molecule has 0 spiro atoms. The van der Waals surface area contributed by atoms with Crippen LogP contribution in [0.15, 0.2) is 36.1 Å². The summed E-state index contributed by atoms with van der Waals surface area (Å²) in [6.07, 6.45) is 3.99. The third-order valence-electron chi connectivity index (χ3n) is 4.42. The van der Waals surface area contributed by atoms with Crippen LogP contribution in [0.3, 0.4) is 0 Å². The Bertz CT molecular complexity index is 982. The van der Waals surface area contributed by atoms with Crippen LogP contribution in [-0.4, -0.2) is 33.2 Å². The summed E-state index contributed by atoms with van der Waals surface area (Å²) in [4.78, 5) is 34.5. The first-order valence-electron chi connectivity index (χ1n) is 7.97. The molecule has 6 nitrogen and oxygen atoms in total. The average Bonchev–Trinajstić information content (AvgIpc) is 3.08. The summed E-state index contributed by atoms with van der Waals surface area (Å²) in [5, 5.41) is 2.93. The van der Waals surface area contributed by atoms with Crippen LogP contribution in [0, 0.1) is 0 Å². The molecule has 1 aromatic carbocycles. The summed E-state index contributed by atoms with van der Waals surface area (Å²) in [5.74, 6) is -0.146. The fraction of sp³-hybridized carbons (Fsp3) is 0.222. The van der Waals surface area contributed by atoms with Gasteiger partial charge in [0.15, 0.2) is 0 Å². The van der Waals surface area contributed by atoms with E-state index in [0.29, 0.717) is 30.8 Å². The molecule has 0 radical (unpaired) electrons. The van der Waals surface area contributed by atoms with Crippen molar-refractivity contribution < 1.29 is 9.59 Å². The van der Waals surface area contributed by atoms with Gasteiger partial charge in [0.25, 0.3) is 5.91 Å². The Balaban J connectivity index is 1.60. The van der Waals surface area contributed by atoms with E-state index in [0.717, 1.165) is 21.3 Å². The number of nitrogens with one attached hydrogen (secondary N) is 1. The van der Waals surface area contributed by atoms with Crippen molar-refractivity contribution in [1.82, 2.24) is 14.9 Å². The second-order valence-corrected chi connectivity index (χ2v) is 6.89. The molecule has 0 saturated carbocycles. The van der Waals surface area contributed by atoms with Gasteiger partial charge in [-0.2, -0.15) is 0 Å². The second-order valence-electron chi connectivity index (χ2n) is 6.00. The van der Waals surface area contributed by atoms with E-state index < -0.39 is 0 Å². The van der Waals surface area contributed by atoms with Crippen molar-refractivity contribution >= 4 is 39.1 Å². The molecule has 2 amide bonds. The number of aromatic nitrogens is 2. The maximum atomic E-state index is 12.7. The lowest BCUT2D eigenvalue weighted by molar-refractivity contribution is -0.129. The summed E-state index contributed by atoms with van der Waals surface area (Å²) in [7, 11) is 0. The number of amides is 2. The number of carbonyl (C=O) groups excluding carboxylic acids is 2. The zero-order valence-electron chi connectivity index (χ0n) is 13.7. The monoisotopic (exact) mass is 352 g/mol. The summed E-state index contributed by atoms with van der Waals surface area (Å²) >= 11 is 1.57. The Labute approximate surface area is 148 Å². The third kappa shape index (κ3) is 2.98. The fourth-order valence-corrected chi connectivity index (χ4v) is 3.75. The highest BCUT2D eigenvalue weighted by Crippen LogP contribution is 2.24. The van der Waals surface area contributed by atoms with Gasteiger partial charge in [-0.25, -0.2) is 4.98 Å². The molecule has 0 bridgehead atoms. The van der Waals surface area contributed by atoms with Gasteiger partial charge >= 0.3 is 0 Å². The van der Waals surface area contributed by atoms with Crippen LogP contribution in [0.5, 0.6) is 0 Å². The van der Waals surface area contributed by atoms with Gasteiger partial charge < -0.3 is 10.2 Å². The molecule has 3 aromatic rings. The number of thiazole rings is 1. The SMILES string of the molecule is CC(=O)N1CCc2c(cncc2C(=O)Nc2ccc3scnc3c2)C1. The van der Waals surface area contributed by atoms with Crippen LogP contribution in [0.2, 0.25) is 0 Å². The van der Waals surface area contributed by atoms with E-state index >= 15 is 0 Å². The molecule has 1 N–H and O–H groups in total. The minimum absolute atomic E-state index is 0.0390. The lowest BCUT2D eigenvalue weighted by Crippen LogP contribution is -2.35. The minimum atomic E-state index is -0.185. The van der Waals surface area contributed by atoms with Gasteiger partial charge in [-0.1, -0.05) is 0 Å². The van der Waals surface area contributed by atoms with Crippen molar-refractivity contribution in [3.8, 4) is 0 Å². The molecule has 0 aliphatic carbocycles. The Morgan fingerprint density at radius 2 is 2.16 bits per heavy atom. The van der Waals surface area contributed by atoms with Crippen molar-refractivity contribution in [3.05, 3.63) is 52.8 Å². The molecule has 2 aromatic heterocycles. The number of fused-ring (bicyclic) bond motifs is 2. The predicted molar refractivity (Wildman–Crippen MR) is 96.6 cm³/mol. The first-order chi connectivity index (χ1) is 12.1. The molecule has 25 heavy (non-hydrogen) atoms. The molecule has 0 saturated heterocycles. The first-order valence-corrected chi connectivity index (χ1v) is 8.85. The number of anilines is 1. The van der Waals surface area contributed by atoms with Crippen molar-refractivity contribution in [3.63, 3.8) is 0 Å². The minimum Gasteiger partial charge on any atom is -0.338 e. The van der Waals surface area contributed by atoms with E-state index in [9.17, 15) is 9.59 Å². The molecular formula is C18H16N4O2S. The maximum Gasteiger partial charge on any atom is 0.257 e. The Morgan fingerprint density at radius 1 is 1.28 bits per heavy atom. The van der Waals surface area contributed by atoms with Gasteiger partial charge in [0.2, 0.25) is 5.91 Å². The number of nitrogens with zero attached hydrogens (tertiary/aromatic N) is 3. The standard InChI is InChI=1S/C18H16N4O2S/c1-11(23)22-5-4-14-12(9-22)7-19-8-15(14)18(24)21-13-2-3-17-16(6-13)20-10-25-17/h2-3,6-8,10H,4-5,9H2,1H3,(H,21,24). The van der Waals surface area contributed by atoms with E-state index in [-0.39, 0.29) is 11.8 Å². The summed E-state index contributed by atoms with van der Waals surface area (Å²) in [5.41, 5.74) is 5.84. The van der Waals surface area contributed by atoms with Gasteiger partial charge in [0.05, 0.1) is 21.3 Å². The van der Waals surface area contributed by atoms with Gasteiger partial charge in [-0.15, -0.1) is 11.3 Å². The van der Waals surface area contributed by atoms with Crippen molar-refractivity contribution in [1.29, 1.82) is 0 Å². The average molecular weight is 352 g/mol. The molecule has 1 aliphatic rings. The summed E-state index contributed by atoms with van der Waals surface area (Å²) in [6, 6.07) is 5.69. The summed E-state index contributed by atoms with van der Waals surface area (Å²) < 4.78 is 1.08. The zero-order chi connectivity index (χ0) is 17.4.